The lowest BCUT2D eigenvalue weighted by Crippen LogP contribution is -2.31. The third-order valence-electron chi connectivity index (χ3n) is 1.87. The van der Waals surface area contributed by atoms with Crippen molar-refractivity contribution in [2.75, 3.05) is 19.7 Å². The topological polar surface area (TPSA) is 41.9 Å². The Balaban J connectivity index is 2.08. The molecule has 0 radical (unpaired) electrons. The molecule has 2 aliphatic heterocycles. The van der Waals surface area contributed by atoms with Gasteiger partial charge in [0.2, 0.25) is 5.91 Å². The van der Waals surface area contributed by atoms with Crippen molar-refractivity contribution in [3.8, 4) is 0 Å². The Kier molecular flexibility index (Phi) is 1.52. The van der Waals surface area contributed by atoms with Crippen molar-refractivity contribution in [1.29, 1.82) is 0 Å². The second-order valence-corrected chi connectivity index (χ2v) is 2.66. The Labute approximate surface area is 64.8 Å². The van der Waals surface area contributed by atoms with Crippen molar-refractivity contribution in [3.05, 3.63) is 0 Å². The largest absolute Gasteiger partial charge is 0.463 e. The second kappa shape index (κ2) is 2.53. The minimum absolute atomic E-state index is 0.144. The number of likely N-dealkylation sites (tertiary alicyclic amines) is 1. The van der Waals surface area contributed by atoms with Crippen molar-refractivity contribution < 1.29 is 9.53 Å². The standard InChI is InChI=1S/C7H10N2O2/c10-6-2-1-4-9(6)7-8-3-5-11-7/h1-5H2. The molecule has 2 heterocycles. The maximum absolute atomic E-state index is 11.1. The number of hydrogen-bond acceptors (Lipinski definition) is 3. The molecule has 1 amide bonds. The van der Waals surface area contributed by atoms with Crippen LogP contribution in [-0.4, -0.2) is 36.5 Å². The first-order valence-corrected chi connectivity index (χ1v) is 3.85. The van der Waals surface area contributed by atoms with Gasteiger partial charge >= 0.3 is 0 Å². The first-order chi connectivity index (χ1) is 5.38. The Morgan fingerprint density at radius 3 is 3.00 bits per heavy atom. The second-order valence-electron chi connectivity index (χ2n) is 2.66. The third kappa shape index (κ3) is 1.08. The number of nitrogens with zero attached hydrogens (tertiary/aromatic N) is 2. The van der Waals surface area contributed by atoms with E-state index in [2.05, 4.69) is 4.99 Å². The molecule has 2 rings (SSSR count). The summed E-state index contributed by atoms with van der Waals surface area (Å²) >= 11 is 0. The van der Waals surface area contributed by atoms with Crippen LogP contribution < -0.4 is 0 Å². The fourth-order valence-electron chi connectivity index (χ4n) is 1.34. The van der Waals surface area contributed by atoms with Crippen molar-refractivity contribution in [2.45, 2.75) is 12.8 Å². The molecular formula is C7H10N2O2. The average molecular weight is 154 g/mol. The smallest absolute Gasteiger partial charge is 0.294 e. The van der Waals surface area contributed by atoms with E-state index >= 15 is 0 Å². The van der Waals surface area contributed by atoms with Crippen LogP contribution in [0.4, 0.5) is 0 Å². The fourth-order valence-corrected chi connectivity index (χ4v) is 1.34. The van der Waals surface area contributed by atoms with Crippen LogP contribution in [0, 0.1) is 0 Å². The molecule has 60 valence electrons. The van der Waals surface area contributed by atoms with Gasteiger partial charge < -0.3 is 4.74 Å². The Bertz CT molecular complexity index is 212. The number of amidine groups is 1. The molecule has 0 bridgehead atoms. The van der Waals surface area contributed by atoms with Gasteiger partial charge in [0, 0.05) is 13.0 Å². The van der Waals surface area contributed by atoms with Crippen molar-refractivity contribution >= 4 is 11.9 Å². The van der Waals surface area contributed by atoms with Crippen LogP contribution in [0.25, 0.3) is 0 Å². The van der Waals surface area contributed by atoms with Gasteiger partial charge in [0.05, 0.1) is 6.54 Å². The number of carbonyl (C=O) groups is 1. The van der Waals surface area contributed by atoms with E-state index in [9.17, 15) is 4.79 Å². The van der Waals surface area contributed by atoms with Crippen molar-refractivity contribution in [1.82, 2.24) is 4.90 Å². The molecule has 0 aromatic heterocycles. The zero-order chi connectivity index (χ0) is 7.68. The summed E-state index contributed by atoms with van der Waals surface area (Å²) in [5, 5.41) is 0. The summed E-state index contributed by atoms with van der Waals surface area (Å²) in [5.74, 6) is 0.144. The molecule has 2 aliphatic rings. The Hall–Kier alpha value is -1.06. The molecule has 1 fully saturated rings. The van der Waals surface area contributed by atoms with Crippen molar-refractivity contribution in [2.24, 2.45) is 4.99 Å². The quantitative estimate of drug-likeness (QED) is 0.492. The molecule has 0 aromatic carbocycles. The van der Waals surface area contributed by atoms with Crippen LogP contribution in [0.3, 0.4) is 0 Å². The molecule has 0 atom stereocenters. The minimum Gasteiger partial charge on any atom is -0.463 e. The van der Waals surface area contributed by atoms with Gasteiger partial charge in [0.1, 0.15) is 6.61 Å². The molecule has 11 heavy (non-hydrogen) atoms. The van der Waals surface area contributed by atoms with E-state index in [1.54, 1.807) is 4.90 Å². The molecule has 4 heteroatoms. The van der Waals surface area contributed by atoms with Gasteiger partial charge in [-0.2, -0.15) is 0 Å². The van der Waals surface area contributed by atoms with Gasteiger partial charge in [-0.15, -0.1) is 0 Å². The van der Waals surface area contributed by atoms with Gasteiger partial charge in [0.25, 0.3) is 6.02 Å². The molecule has 0 unspecified atom stereocenters. The highest BCUT2D eigenvalue weighted by molar-refractivity contribution is 5.96. The van der Waals surface area contributed by atoms with E-state index in [4.69, 9.17) is 4.74 Å². The first-order valence-electron chi connectivity index (χ1n) is 3.85. The van der Waals surface area contributed by atoms with E-state index in [1.807, 2.05) is 0 Å². The van der Waals surface area contributed by atoms with E-state index in [0.29, 0.717) is 25.6 Å². The van der Waals surface area contributed by atoms with Gasteiger partial charge in [-0.3, -0.25) is 9.69 Å². The van der Waals surface area contributed by atoms with Gasteiger partial charge in [-0.25, -0.2) is 4.99 Å². The predicted molar refractivity (Wildman–Crippen MR) is 39.2 cm³/mol. The maximum atomic E-state index is 11.1. The molecule has 0 aromatic rings. The first kappa shape index (κ1) is 6.64. The lowest BCUT2D eigenvalue weighted by molar-refractivity contribution is -0.125. The van der Waals surface area contributed by atoms with Crippen LogP contribution >= 0.6 is 0 Å². The average Bonchev–Trinajstić information content (AvgIpc) is 2.55. The summed E-state index contributed by atoms with van der Waals surface area (Å²) in [6.07, 6.45) is 1.57. The third-order valence-corrected chi connectivity index (χ3v) is 1.87. The summed E-state index contributed by atoms with van der Waals surface area (Å²) in [4.78, 5) is 16.8. The Morgan fingerprint density at radius 1 is 1.55 bits per heavy atom. The molecular weight excluding hydrogens is 144 g/mol. The molecule has 0 spiro atoms. The van der Waals surface area contributed by atoms with Gasteiger partial charge in [-0.05, 0) is 6.42 Å². The lowest BCUT2D eigenvalue weighted by Gasteiger charge is -2.13. The van der Waals surface area contributed by atoms with Crippen LogP contribution in [0.1, 0.15) is 12.8 Å². The molecule has 1 saturated heterocycles. The molecule has 0 saturated carbocycles. The summed E-state index contributed by atoms with van der Waals surface area (Å²) in [7, 11) is 0. The highest BCUT2D eigenvalue weighted by Gasteiger charge is 2.27. The van der Waals surface area contributed by atoms with Crippen LogP contribution in [0.2, 0.25) is 0 Å². The number of hydrogen-bond donors (Lipinski definition) is 0. The predicted octanol–water partition coefficient (Wildman–Crippen LogP) is -0.00500. The molecule has 4 nitrogen and oxygen atoms in total. The van der Waals surface area contributed by atoms with E-state index in [-0.39, 0.29) is 5.91 Å². The highest BCUT2D eigenvalue weighted by Crippen LogP contribution is 2.12. The SMILES string of the molecule is O=C1CCCN1C1=NCCO1. The lowest BCUT2D eigenvalue weighted by atomic mass is 10.4. The monoisotopic (exact) mass is 154 g/mol. The number of amides is 1. The number of rotatable bonds is 0. The maximum Gasteiger partial charge on any atom is 0.294 e. The summed E-state index contributed by atoms with van der Waals surface area (Å²) < 4.78 is 5.16. The number of carbonyl (C=O) groups excluding carboxylic acids is 1. The van der Waals surface area contributed by atoms with Crippen LogP contribution in [-0.2, 0) is 9.53 Å². The Morgan fingerprint density at radius 2 is 2.45 bits per heavy atom. The highest BCUT2D eigenvalue weighted by atomic mass is 16.5. The fraction of sp³-hybridized carbons (Fsp3) is 0.714. The normalized spacial score (nSPS) is 23.8. The molecule has 0 aliphatic carbocycles. The van der Waals surface area contributed by atoms with Crippen LogP contribution in [0.5, 0.6) is 0 Å². The van der Waals surface area contributed by atoms with E-state index in [1.165, 1.54) is 0 Å². The zero-order valence-corrected chi connectivity index (χ0v) is 6.25. The minimum atomic E-state index is 0.144. The summed E-state index contributed by atoms with van der Waals surface area (Å²) in [6.45, 7) is 2.09. The van der Waals surface area contributed by atoms with Crippen molar-refractivity contribution in [3.63, 3.8) is 0 Å². The zero-order valence-electron chi connectivity index (χ0n) is 6.25. The van der Waals surface area contributed by atoms with Crippen LogP contribution in [0.15, 0.2) is 4.99 Å². The molecule has 0 N–H and O–H groups in total. The van der Waals surface area contributed by atoms with Gasteiger partial charge in [-0.1, -0.05) is 0 Å². The summed E-state index contributed by atoms with van der Waals surface area (Å²) in [6, 6.07) is 0.535. The van der Waals surface area contributed by atoms with Gasteiger partial charge in [0.15, 0.2) is 0 Å². The van der Waals surface area contributed by atoms with E-state index in [0.717, 1.165) is 13.0 Å². The number of aliphatic imine (C=N–C) groups is 1. The number of ether oxygens (including phenoxy) is 1. The summed E-state index contributed by atoms with van der Waals surface area (Å²) in [5.41, 5.74) is 0. The van der Waals surface area contributed by atoms with E-state index < -0.39 is 0 Å².